The van der Waals surface area contributed by atoms with Gasteiger partial charge >= 0.3 is 0 Å². The van der Waals surface area contributed by atoms with Gasteiger partial charge in [-0.3, -0.25) is 0 Å². The van der Waals surface area contributed by atoms with Crippen molar-refractivity contribution in [2.45, 2.75) is 63.9 Å². The molecular formula is C13H26O5PS-. The molecule has 1 aliphatic rings. The van der Waals surface area contributed by atoms with E-state index in [0.717, 1.165) is 0 Å². The molecule has 0 spiro atoms. The molecule has 20 heavy (non-hydrogen) atoms. The molecule has 120 valence electrons. The third-order valence-electron chi connectivity index (χ3n) is 3.22. The quantitative estimate of drug-likeness (QED) is 0.572. The Morgan fingerprint density at radius 1 is 1.35 bits per heavy atom. The van der Waals surface area contributed by atoms with Crippen LogP contribution in [0, 0.1) is 6.92 Å². The van der Waals surface area contributed by atoms with Gasteiger partial charge in [-0.25, -0.2) is 0 Å². The van der Waals surface area contributed by atoms with E-state index in [-0.39, 0.29) is 42.8 Å². The van der Waals surface area contributed by atoms with Gasteiger partial charge < -0.3 is 30.6 Å². The van der Waals surface area contributed by atoms with Crippen LogP contribution in [0.4, 0.5) is 0 Å². The summed E-state index contributed by atoms with van der Waals surface area (Å²) in [5.41, 5.74) is -0.320. The van der Waals surface area contributed by atoms with E-state index in [1.807, 2.05) is 20.8 Å². The smallest absolute Gasteiger partial charge is 0.159 e. The fraction of sp³-hybridized carbons (Fsp3) is 0.923. The molecule has 0 aromatic heterocycles. The van der Waals surface area contributed by atoms with Gasteiger partial charge in [-0.05, 0) is 32.6 Å². The van der Waals surface area contributed by atoms with Gasteiger partial charge in [-0.1, -0.05) is 12.6 Å². The zero-order chi connectivity index (χ0) is 15.5. The van der Waals surface area contributed by atoms with Crippen molar-refractivity contribution in [1.82, 2.24) is 0 Å². The van der Waals surface area contributed by atoms with Crippen molar-refractivity contribution in [3.63, 3.8) is 0 Å². The zero-order valence-electron chi connectivity index (χ0n) is 12.8. The zero-order valence-corrected chi connectivity index (χ0v) is 14.5. The first-order valence-electron chi connectivity index (χ1n) is 6.82. The van der Waals surface area contributed by atoms with E-state index < -0.39 is 6.49 Å². The van der Waals surface area contributed by atoms with Crippen LogP contribution < -0.4 is 0 Å². The van der Waals surface area contributed by atoms with E-state index in [1.165, 1.54) is 0 Å². The van der Waals surface area contributed by atoms with Crippen molar-refractivity contribution in [2.24, 2.45) is 0 Å². The maximum absolute atomic E-state index is 10.0. The Kier molecular flexibility index (Phi) is 7.06. The minimum absolute atomic E-state index is 0.0537. The van der Waals surface area contributed by atoms with Crippen LogP contribution in [0.5, 0.6) is 0 Å². The molecule has 1 rings (SSSR count). The number of hydrogen-bond donors (Lipinski definition) is 1. The topological polar surface area (TPSA) is 57.2 Å². The van der Waals surface area contributed by atoms with E-state index in [4.69, 9.17) is 30.5 Å². The van der Waals surface area contributed by atoms with E-state index in [2.05, 4.69) is 6.92 Å². The van der Waals surface area contributed by atoms with Crippen molar-refractivity contribution in [2.75, 3.05) is 13.7 Å². The van der Waals surface area contributed by atoms with E-state index in [9.17, 15) is 4.89 Å². The Hall–Kier alpha value is 0.450. The molecule has 0 amide bonds. The highest BCUT2D eigenvalue weighted by Crippen LogP contribution is 2.48. The highest BCUT2D eigenvalue weighted by molar-refractivity contribution is 8.09. The fourth-order valence-electron chi connectivity index (χ4n) is 2.16. The molecule has 1 heterocycles. The Morgan fingerprint density at radius 2 is 1.95 bits per heavy atom. The summed E-state index contributed by atoms with van der Waals surface area (Å²) in [6.07, 6.45) is -0.723. The second kappa shape index (κ2) is 7.63. The number of ether oxygens (including phenoxy) is 3. The average Bonchev–Trinajstić information content (AvgIpc) is 2.61. The Bertz CT molecular complexity index is 350. The van der Waals surface area contributed by atoms with Gasteiger partial charge in [-0.2, -0.15) is 0 Å². The second-order valence-electron chi connectivity index (χ2n) is 5.44. The predicted octanol–water partition coefficient (Wildman–Crippen LogP) is 2.12. The van der Waals surface area contributed by atoms with Crippen LogP contribution in [0.15, 0.2) is 0 Å². The largest absolute Gasteiger partial charge is 0.376 e. The molecule has 0 aliphatic carbocycles. The summed E-state index contributed by atoms with van der Waals surface area (Å²) in [6, 6.07) is 0. The van der Waals surface area contributed by atoms with Gasteiger partial charge in [0.15, 0.2) is 6.49 Å². The first kappa shape index (κ1) is 18.5. The average molecular weight is 325 g/mol. The number of rotatable bonds is 7. The number of hydrogen-bond acceptors (Lipinski definition) is 5. The van der Waals surface area contributed by atoms with E-state index in [1.54, 1.807) is 14.0 Å². The predicted molar refractivity (Wildman–Crippen MR) is 82.4 cm³/mol. The monoisotopic (exact) mass is 325 g/mol. The standard InChI is InChI=1S/C13H26O5PS/c1-8(2)17-13-11(18-10(5)12(13)15-6)7-16-19(14,20)9(3)4/h8-13H,3,7H2,1-2,4-6H3,(H,14,20)/q-1. The molecule has 0 aromatic carbocycles. The van der Waals surface area contributed by atoms with Gasteiger partial charge in [0, 0.05) is 7.11 Å². The first-order valence-corrected chi connectivity index (χ1v) is 9.57. The first-order chi connectivity index (χ1) is 9.19. The molecule has 6 unspecified atom stereocenters. The molecule has 1 N–H and O–H groups in total. The summed E-state index contributed by atoms with van der Waals surface area (Å²) in [4.78, 5) is 10.0. The molecule has 0 saturated carbocycles. The molecule has 5 nitrogen and oxygen atoms in total. The summed E-state index contributed by atoms with van der Waals surface area (Å²) in [6.45, 7) is 8.66. The molecule has 6 atom stereocenters. The van der Waals surface area contributed by atoms with Gasteiger partial charge in [0.2, 0.25) is 0 Å². The minimum atomic E-state index is -2.88. The van der Waals surface area contributed by atoms with Crippen molar-refractivity contribution >= 4 is 18.3 Å². The van der Waals surface area contributed by atoms with E-state index in [0.29, 0.717) is 0 Å². The molecule has 0 radical (unpaired) electrons. The molecule has 0 bridgehead atoms. The Balaban J connectivity index is 2.69. The molecule has 1 fully saturated rings. The SMILES string of the molecule is [CH2-]C(C)P(O)(=S)OCC1OC(C)C(OC)C1OC(C)C. The highest BCUT2D eigenvalue weighted by Gasteiger charge is 2.44. The Morgan fingerprint density at radius 3 is 2.40 bits per heavy atom. The van der Waals surface area contributed by atoms with Crippen molar-refractivity contribution < 1.29 is 23.6 Å². The summed E-state index contributed by atoms with van der Waals surface area (Å²) < 4.78 is 22.6. The van der Waals surface area contributed by atoms with Crippen LogP contribution in [0.2, 0.25) is 0 Å². The minimum Gasteiger partial charge on any atom is -0.376 e. The van der Waals surface area contributed by atoms with Crippen LogP contribution in [-0.4, -0.2) is 54.8 Å². The van der Waals surface area contributed by atoms with Gasteiger partial charge in [0.25, 0.3) is 0 Å². The normalized spacial score (nSPS) is 35.2. The second-order valence-corrected chi connectivity index (χ2v) is 9.28. The van der Waals surface area contributed by atoms with Crippen molar-refractivity contribution in [3.05, 3.63) is 6.92 Å². The van der Waals surface area contributed by atoms with Crippen molar-refractivity contribution in [3.8, 4) is 0 Å². The lowest BCUT2D eigenvalue weighted by atomic mass is 10.1. The molecule has 0 aromatic rings. The lowest BCUT2D eigenvalue weighted by molar-refractivity contribution is -0.0824. The lowest BCUT2D eigenvalue weighted by Crippen LogP contribution is -2.39. The van der Waals surface area contributed by atoms with Crippen LogP contribution in [0.3, 0.4) is 0 Å². The highest BCUT2D eigenvalue weighted by atomic mass is 32.5. The summed E-state index contributed by atoms with van der Waals surface area (Å²) >= 11 is 5.07. The van der Waals surface area contributed by atoms with Crippen molar-refractivity contribution in [1.29, 1.82) is 0 Å². The van der Waals surface area contributed by atoms with Crippen LogP contribution in [-0.2, 0) is 30.5 Å². The maximum atomic E-state index is 10.0. The van der Waals surface area contributed by atoms with Gasteiger partial charge in [-0.15, -0.1) is 0 Å². The molecule has 1 aliphatic heterocycles. The van der Waals surface area contributed by atoms with Gasteiger partial charge in [0.1, 0.15) is 18.3 Å². The summed E-state index contributed by atoms with van der Waals surface area (Å²) in [7, 11) is 1.64. The third kappa shape index (κ3) is 4.73. The van der Waals surface area contributed by atoms with Crippen LogP contribution in [0.25, 0.3) is 0 Å². The molecule has 1 saturated heterocycles. The van der Waals surface area contributed by atoms with Crippen LogP contribution >= 0.6 is 6.49 Å². The van der Waals surface area contributed by atoms with Gasteiger partial charge in [0.05, 0.1) is 18.8 Å². The summed E-state index contributed by atoms with van der Waals surface area (Å²) in [5, 5.41) is 0. The lowest BCUT2D eigenvalue weighted by Gasteiger charge is -2.28. The van der Waals surface area contributed by atoms with Crippen LogP contribution in [0.1, 0.15) is 27.7 Å². The third-order valence-corrected chi connectivity index (χ3v) is 6.25. The molecule has 7 heteroatoms. The maximum Gasteiger partial charge on any atom is 0.159 e. The number of methoxy groups -OCH3 is 1. The summed E-state index contributed by atoms with van der Waals surface area (Å²) in [5.74, 6) is 0. The van der Waals surface area contributed by atoms with E-state index >= 15 is 0 Å². The fourth-order valence-corrected chi connectivity index (χ4v) is 2.95. The molecular weight excluding hydrogens is 299 g/mol. The Labute approximate surface area is 127 Å².